The van der Waals surface area contributed by atoms with Crippen LogP contribution >= 0.6 is 0 Å². The number of hydrogen-bond donors (Lipinski definition) is 1. The first-order chi connectivity index (χ1) is 15.2. The van der Waals surface area contributed by atoms with E-state index in [4.69, 9.17) is 4.74 Å². The van der Waals surface area contributed by atoms with Gasteiger partial charge in [-0.2, -0.15) is 0 Å². The minimum Gasteiger partial charge on any atom is -0.493 e. The van der Waals surface area contributed by atoms with E-state index in [1.807, 2.05) is 6.07 Å². The number of benzene rings is 1. The summed E-state index contributed by atoms with van der Waals surface area (Å²) < 4.78 is 5.73. The lowest BCUT2D eigenvalue weighted by atomic mass is 9.98. The van der Waals surface area contributed by atoms with Gasteiger partial charge < -0.3 is 10.1 Å². The summed E-state index contributed by atoms with van der Waals surface area (Å²) in [5.41, 5.74) is 2.35. The molecule has 0 spiro atoms. The zero-order valence-electron chi connectivity index (χ0n) is 20.4. The number of amides is 1. The summed E-state index contributed by atoms with van der Waals surface area (Å²) in [6.45, 7) is 5.05. The molecule has 0 saturated carbocycles. The summed E-state index contributed by atoms with van der Waals surface area (Å²) in [5.74, 6) is 1.11. The van der Waals surface area contributed by atoms with Crippen LogP contribution in [-0.2, 0) is 4.79 Å². The predicted molar refractivity (Wildman–Crippen MR) is 132 cm³/mol. The molecule has 1 aliphatic rings. The minimum atomic E-state index is 0.104. The van der Waals surface area contributed by atoms with Crippen LogP contribution in [0.3, 0.4) is 0 Å². The Hall–Kier alpha value is -1.51. The molecule has 0 radical (unpaired) electrons. The fraction of sp³-hybridized carbons (Fsp3) is 0.750. The van der Waals surface area contributed by atoms with Crippen LogP contribution in [0.5, 0.6) is 5.75 Å². The van der Waals surface area contributed by atoms with Gasteiger partial charge in [0.1, 0.15) is 5.75 Å². The van der Waals surface area contributed by atoms with Gasteiger partial charge in [-0.1, -0.05) is 115 Å². The number of fused-ring (bicyclic) bond motifs is 1. The zero-order valence-corrected chi connectivity index (χ0v) is 20.4. The van der Waals surface area contributed by atoms with E-state index in [9.17, 15) is 4.79 Å². The smallest absolute Gasteiger partial charge is 0.220 e. The van der Waals surface area contributed by atoms with Gasteiger partial charge >= 0.3 is 0 Å². The second-order valence-corrected chi connectivity index (χ2v) is 9.50. The van der Waals surface area contributed by atoms with Crippen molar-refractivity contribution in [3.8, 4) is 5.75 Å². The molecular weight excluding hydrogens is 382 g/mol. The van der Waals surface area contributed by atoms with Crippen LogP contribution in [0.25, 0.3) is 0 Å². The number of rotatable bonds is 17. The van der Waals surface area contributed by atoms with E-state index in [0.29, 0.717) is 13.0 Å². The van der Waals surface area contributed by atoms with Crippen molar-refractivity contribution in [2.24, 2.45) is 0 Å². The van der Waals surface area contributed by atoms with Gasteiger partial charge in [0.25, 0.3) is 0 Å². The molecule has 2 rings (SSSR count). The lowest BCUT2D eigenvalue weighted by Gasteiger charge is -2.27. The third-order valence-electron chi connectivity index (χ3n) is 6.55. The fourth-order valence-electron chi connectivity index (χ4n) is 4.59. The standard InChI is InChI=1S/C28H47NO2/c1-3-4-5-6-7-8-9-10-11-12-13-14-15-16-17-18-28(30)29-26-21-22-31-27-20-19-24(2)23-25(26)27/h19-20,23,26H,3-18,21-22H2,1-2H3,(H,29,30). The van der Waals surface area contributed by atoms with Gasteiger partial charge in [0.2, 0.25) is 5.91 Å². The van der Waals surface area contributed by atoms with E-state index < -0.39 is 0 Å². The highest BCUT2D eigenvalue weighted by molar-refractivity contribution is 5.76. The number of ether oxygens (including phenoxy) is 1. The molecular formula is C28H47NO2. The summed E-state index contributed by atoms with van der Waals surface area (Å²) >= 11 is 0. The molecule has 3 nitrogen and oxygen atoms in total. The van der Waals surface area contributed by atoms with Crippen molar-refractivity contribution in [1.29, 1.82) is 0 Å². The lowest BCUT2D eigenvalue weighted by molar-refractivity contribution is -0.122. The normalized spacial score (nSPS) is 15.4. The van der Waals surface area contributed by atoms with E-state index in [1.165, 1.54) is 95.5 Å². The Balaban J connectivity index is 1.41. The van der Waals surface area contributed by atoms with E-state index in [-0.39, 0.29) is 11.9 Å². The molecule has 1 atom stereocenters. The molecule has 0 fully saturated rings. The average molecular weight is 430 g/mol. The van der Waals surface area contributed by atoms with Crippen LogP contribution in [0.1, 0.15) is 133 Å². The quantitative estimate of drug-likeness (QED) is 0.253. The van der Waals surface area contributed by atoms with E-state index in [1.54, 1.807) is 0 Å². The topological polar surface area (TPSA) is 38.3 Å². The van der Waals surface area contributed by atoms with Gasteiger partial charge in [-0.25, -0.2) is 0 Å². The Kier molecular flexibility index (Phi) is 13.4. The van der Waals surface area contributed by atoms with Crippen molar-refractivity contribution < 1.29 is 9.53 Å². The van der Waals surface area contributed by atoms with E-state index >= 15 is 0 Å². The monoisotopic (exact) mass is 429 g/mol. The van der Waals surface area contributed by atoms with E-state index in [2.05, 4.69) is 31.3 Å². The molecule has 176 valence electrons. The lowest BCUT2D eigenvalue weighted by Crippen LogP contribution is -2.32. The molecule has 1 heterocycles. The van der Waals surface area contributed by atoms with Gasteiger partial charge in [0, 0.05) is 18.4 Å². The Labute approximate surface area is 191 Å². The second kappa shape index (κ2) is 16.2. The first-order valence-electron chi connectivity index (χ1n) is 13.2. The maximum absolute atomic E-state index is 12.4. The highest BCUT2D eigenvalue weighted by Crippen LogP contribution is 2.32. The molecule has 1 N–H and O–H groups in total. The fourth-order valence-corrected chi connectivity index (χ4v) is 4.59. The number of nitrogens with one attached hydrogen (secondary N) is 1. The highest BCUT2D eigenvalue weighted by Gasteiger charge is 2.22. The number of carbonyl (C=O) groups excluding carboxylic acids is 1. The maximum atomic E-state index is 12.4. The van der Waals surface area contributed by atoms with Crippen LogP contribution in [0, 0.1) is 6.92 Å². The van der Waals surface area contributed by atoms with Gasteiger partial charge in [-0.3, -0.25) is 4.79 Å². The molecule has 31 heavy (non-hydrogen) atoms. The SMILES string of the molecule is CCCCCCCCCCCCCCCCCC(=O)NC1CCOc2ccc(C)cc21. The Bertz CT molecular complexity index is 613. The van der Waals surface area contributed by atoms with Crippen molar-refractivity contribution in [2.75, 3.05) is 6.61 Å². The molecule has 1 aliphatic heterocycles. The Morgan fingerprint density at radius 1 is 0.871 bits per heavy atom. The van der Waals surface area contributed by atoms with Crippen LogP contribution < -0.4 is 10.1 Å². The first-order valence-corrected chi connectivity index (χ1v) is 13.2. The maximum Gasteiger partial charge on any atom is 0.220 e. The van der Waals surface area contributed by atoms with Crippen LogP contribution in [0.2, 0.25) is 0 Å². The van der Waals surface area contributed by atoms with Crippen molar-refractivity contribution in [3.63, 3.8) is 0 Å². The molecule has 1 aromatic rings. The van der Waals surface area contributed by atoms with E-state index in [0.717, 1.165) is 24.2 Å². The number of unbranched alkanes of at least 4 members (excludes halogenated alkanes) is 14. The highest BCUT2D eigenvalue weighted by atomic mass is 16.5. The largest absolute Gasteiger partial charge is 0.493 e. The van der Waals surface area contributed by atoms with Crippen LogP contribution in [0.15, 0.2) is 18.2 Å². The molecule has 1 unspecified atom stereocenters. The number of aryl methyl sites for hydroxylation is 1. The third kappa shape index (κ3) is 11.1. The van der Waals surface area contributed by atoms with Gasteiger partial charge in [0.15, 0.2) is 0 Å². The second-order valence-electron chi connectivity index (χ2n) is 9.50. The summed E-state index contributed by atoms with van der Waals surface area (Å²) in [4.78, 5) is 12.4. The molecule has 0 bridgehead atoms. The van der Waals surface area contributed by atoms with Gasteiger partial charge in [0.05, 0.1) is 12.6 Å². The average Bonchev–Trinajstić information content (AvgIpc) is 2.77. The molecule has 3 heteroatoms. The third-order valence-corrected chi connectivity index (χ3v) is 6.55. The minimum absolute atomic E-state index is 0.104. The summed E-state index contributed by atoms with van der Waals surface area (Å²) in [6.07, 6.45) is 21.8. The summed E-state index contributed by atoms with van der Waals surface area (Å²) in [6, 6.07) is 6.34. The zero-order chi connectivity index (χ0) is 22.2. The Morgan fingerprint density at radius 2 is 1.42 bits per heavy atom. The van der Waals surface area contributed by atoms with Crippen LogP contribution in [0.4, 0.5) is 0 Å². The van der Waals surface area contributed by atoms with Crippen molar-refractivity contribution in [1.82, 2.24) is 5.32 Å². The molecule has 0 saturated heterocycles. The van der Waals surface area contributed by atoms with Crippen LogP contribution in [-0.4, -0.2) is 12.5 Å². The molecule has 0 aromatic heterocycles. The number of hydrogen-bond acceptors (Lipinski definition) is 2. The van der Waals surface area contributed by atoms with Crippen molar-refractivity contribution in [2.45, 2.75) is 129 Å². The van der Waals surface area contributed by atoms with Gasteiger partial charge in [-0.15, -0.1) is 0 Å². The molecule has 1 aromatic carbocycles. The summed E-state index contributed by atoms with van der Waals surface area (Å²) in [5, 5.41) is 3.23. The molecule has 0 aliphatic carbocycles. The number of carbonyl (C=O) groups is 1. The Morgan fingerprint density at radius 3 is 2.00 bits per heavy atom. The first kappa shape index (κ1) is 25.7. The van der Waals surface area contributed by atoms with Crippen molar-refractivity contribution in [3.05, 3.63) is 29.3 Å². The molecule has 1 amide bonds. The van der Waals surface area contributed by atoms with Gasteiger partial charge in [-0.05, 0) is 19.4 Å². The van der Waals surface area contributed by atoms with Crippen molar-refractivity contribution >= 4 is 5.91 Å². The summed E-state index contributed by atoms with van der Waals surface area (Å²) in [7, 11) is 0. The predicted octanol–water partition coefficient (Wildman–Crippen LogP) is 8.20.